The molecule has 7 heteroatoms. The number of nitrogens with zero attached hydrogens (tertiary/aromatic N) is 1. The number of hydrogen-bond acceptors (Lipinski definition) is 4. The van der Waals surface area contributed by atoms with Crippen molar-refractivity contribution in [3.8, 4) is 0 Å². The average molecular weight is 390 g/mol. The van der Waals surface area contributed by atoms with Crippen LogP contribution in [0.4, 0.5) is 4.39 Å². The molecule has 1 heterocycles. The van der Waals surface area contributed by atoms with E-state index in [1.807, 2.05) is 0 Å². The lowest BCUT2D eigenvalue weighted by Gasteiger charge is -2.28. The molecule has 1 fully saturated rings. The first-order chi connectivity index (χ1) is 12.8. The third-order valence-electron chi connectivity index (χ3n) is 4.82. The van der Waals surface area contributed by atoms with E-state index >= 15 is 0 Å². The largest absolute Gasteiger partial charge is 0.350 e. The van der Waals surface area contributed by atoms with Crippen LogP contribution in [0.25, 0.3) is 0 Å². The van der Waals surface area contributed by atoms with E-state index in [4.69, 9.17) is 0 Å². The predicted octanol–water partition coefficient (Wildman–Crippen LogP) is 2.80. The van der Waals surface area contributed by atoms with Gasteiger partial charge in [0.05, 0.1) is 10.9 Å². The zero-order valence-corrected chi connectivity index (χ0v) is 16.0. The highest BCUT2D eigenvalue weighted by Gasteiger charge is 2.24. The second-order valence-corrected chi connectivity index (χ2v) is 8.84. The summed E-state index contributed by atoms with van der Waals surface area (Å²) in [5.41, 5.74) is 1.25. The molecule has 1 aliphatic rings. The molecule has 1 atom stereocenters. The summed E-state index contributed by atoms with van der Waals surface area (Å²) in [6.45, 7) is 2.23. The highest BCUT2D eigenvalue weighted by atomic mass is 32.2. The second-order valence-electron chi connectivity index (χ2n) is 6.82. The van der Waals surface area contributed by atoms with Crippen molar-refractivity contribution in [1.29, 1.82) is 0 Å². The number of likely N-dealkylation sites (tertiary alicyclic amines) is 1. The average Bonchev–Trinajstić information content (AvgIpc) is 3.17. The molecule has 1 amide bonds. The lowest BCUT2D eigenvalue weighted by molar-refractivity contribution is 0.0937. The first kappa shape index (κ1) is 19.5. The Labute approximate surface area is 159 Å². The molecule has 2 aromatic rings. The van der Waals surface area contributed by atoms with Crippen molar-refractivity contribution in [1.82, 2.24) is 10.2 Å². The van der Waals surface area contributed by atoms with E-state index in [2.05, 4.69) is 10.2 Å². The summed E-state index contributed by atoms with van der Waals surface area (Å²) in [6, 6.07) is 12.3. The van der Waals surface area contributed by atoms with Crippen LogP contribution in [0.15, 0.2) is 53.4 Å². The number of carbonyl (C=O) groups excluding carboxylic acids is 1. The summed E-state index contributed by atoms with van der Waals surface area (Å²) in [7, 11) is -3.37. The zero-order chi connectivity index (χ0) is 19.4. The Kier molecular flexibility index (Phi) is 5.92. The lowest BCUT2D eigenvalue weighted by Crippen LogP contribution is -2.36. The van der Waals surface area contributed by atoms with Crippen molar-refractivity contribution < 1.29 is 17.6 Å². The van der Waals surface area contributed by atoms with Crippen LogP contribution in [-0.4, -0.2) is 45.1 Å². The van der Waals surface area contributed by atoms with Gasteiger partial charge < -0.3 is 5.32 Å². The summed E-state index contributed by atoms with van der Waals surface area (Å²) < 4.78 is 36.6. The molecule has 27 heavy (non-hydrogen) atoms. The minimum Gasteiger partial charge on any atom is -0.350 e. The maximum absolute atomic E-state index is 13.3. The maximum Gasteiger partial charge on any atom is 0.251 e. The van der Waals surface area contributed by atoms with Gasteiger partial charge in [-0.1, -0.05) is 18.2 Å². The second kappa shape index (κ2) is 8.19. The lowest BCUT2D eigenvalue weighted by atomic mass is 10.1. The quantitative estimate of drug-likeness (QED) is 0.824. The number of halogens is 1. The zero-order valence-electron chi connectivity index (χ0n) is 15.2. The number of carbonyl (C=O) groups is 1. The Morgan fingerprint density at radius 2 is 1.81 bits per heavy atom. The van der Waals surface area contributed by atoms with Crippen molar-refractivity contribution >= 4 is 15.7 Å². The summed E-state index contributed by atoms with van der Waals surface area (Å²) in [5, 5.41) is 2.90. The maximum atomic E-state index is 13.3. The van der Waals surface area contributed by atoms with Gasteiger partial charge >= 0.3 is 0 Å². The third-order valence-corrected chi connectivity index (χ3v) is 5.93. The van der Waals surface area contributed by atoms with Gasteiger partial charge in [0.1, 0.15) is 5.82 Å². The van der Waals surface area contributed by atoms with Crippen molar-refractivity contribution in [2.45, 2.75) is 23.8 Å². The molecule has 1 N–H and O–H groups in total. The highest BCUT2D eigenvalue weighted by Crippen LogP contribution is 2.25. The Morgan fingerprint density at radius 3 is 2.44 bits per heavy atom. The van der Waals surface area contributed by atoms with Gasteiger partial charge in [0, 0.05) is 18.4 Å². The Morgan fingerprint density at radius 1 is 1.15 bits per heavy atom. The summed E-state index contributed by atoms with van der Waals surface area (Å²) in [4.78, 5) is 14.9. The molecule has 1 aliphatic heterocycles. The predicted molar refractivity (Wildman–Crippen MR) is 102 cm³/mol. The standard InChI is InChI=1S/C20H23FN2O3S/c1-27(25,26)18-6-4-5-16(13-18)20(24)22-14-19(23-11-2-3-12-23)15-7-9-17(21)10-8-15/h4-10,13,19H,2-3,11-12,14H2,1H3,(H,22,24). The molecule has 0 saturated carbocycles. The topological polar surface area (TPSA) is 66.5 Å². The van der Waals surface area contributed by atoms with Gasteiger partial charge in [-0.2, -0.15) is 0 Å². The van der Waals surface area contributed by atoms with Crippen molar-refractivity contribution in [2.75, 3.05) is 25.9 Å². The molecule has 1 saturated heterocycles. The van der Waals surface area contributed by atoms with Gasteiger partial charge in [0.25, 0.3) is 5.91 Å². The van der Waals surface area contributed by atoms with Crippen LogP contribution in [0.1, 0.15) is 34.8 Å². The van der Waals surface area contributed by atoms with E-state index in [0.717, 1.165) is 37.8 Å². The molecule has 0 bridgehead atoms. The van der Waals surface area contributed by atoms with Crippen LogP contribution in [-0.2, 0) is 9.84 Å². The third kappa shape index (κ3) is 4.93. The number of amides is 1. The van der Waals surface area contributed by atoms with E-state index in [9.17, 15) is 17.6 Å². The fourth-order valence-electron chi connectivity index (χ4n) is 3.36. The Balaban J connectivity index is 1.75. The van der Waals surface area contributed by atoms with Crippen LogP contribution >= 0.6 is 0 Å². The van der Waals surface area contributed by atoms with Crippen molar-refractivity contribution in [3.05, 3.63) is 65.5 Å². The Bertz CT molecular complexity index is 907. The number of benzene rings is 2. The number of nitrogens with one attached hydrogen (secondary N) is 1. The van der Waals surface area contributed by atoms with Crippen LogP contribution in [0.2, 0.25) is 0 Å². The summed E-state index contributed by atoms with van der Waals surface area (Å²) in [5.74, 6) is -0.618. The first-order valence-corrected chi connectivity index (χ1v) is 10.8. The normalized spacial score (nSPS) is 16.2. The van der Waals surface area contributed by atoms with Crippen LogP contribution in [0.5, 0.6) is 0 Å². The monoisotopic (exact) mass is 390 g/mol. The molecule has 5 nitrogen and oxygen atoms in total. The minimum absolute atomic E-state index is 0.0462. The minimum atomic E-state index is -3.37. The van der Waals surface area contributed by atoms with Crippen LogP contribution in [0.3, 0.4) is 0 Å². The van der Waals surface area contributed by atoms with Crippen LogP contribution < -0.4 is 5.32 Å². The summed E-state index contributed by atoms with van der Waals surface area (Å²) >= 11 is 0. The van der Waals surface area contributed by atoms with Crippen molar-refractivity contribution in [3.63, 3.8) is 0 Å². The molecule has 1 unspecified atom stereocenters. The SMILES string of the molecule is CS(=O)(=O)c1cccc(C(=O)NCC(c2ccc(F)cc2)N2CCCC2)c1. The fraction of sp³-hybridized carbons (Fsp3) is 0.350. The molecule has 0 spiro atoms. The van der Waals surface area contributed by atoms with Gasteiger partial charge in [-0.25, -0.2) is 12.8 Å². The molecule has 0 aliphatic carbocycles. The van der Waals surface area contributed by atoms with Gasteiger partial charge in [0.15, 0.2) is 9.84 Å². The Hall–Kier alpha value is -2.25. The van der Waals surface area contributed by atoms with E-state index in [1.54, 1.807) is 24.3 Å². The van der Waals surface area contributed by atoms with Gasteiger partial charge in [-0.15, -0.1) is 0 Å². The van der Waals surface area contributed by atoms with E-state index in [-0.39, 0.29) is 22.7 Å². The van der Waals surface area contributed by atoms with Crippen LogP contribution in [0, 0.1) is 5.82 Å². The van der Waals surface area contributed by atoms with E-state index in [1.165, 1.54) is 24.3 Å². The molecular formula is C20H23FN2O3S. The summed E-state index contributed by atoms with van der Waals surface area (Å²) in [6.07, 6.45) is 3.31. The molecule has 2 aromatic carbocycles. The highest BCUT2D eigenvalue weighted by molar-refractivity contribution is 7.90. The van der Waals surface area contributed by atoms with E-state index < -0.39 is 9.84 Å². The molecule has 144 valence electrons. The van der Waals surface area contributed by atoms with Gasteiger partial charge in [0.2, 0.25) is 0 Å². The van der Waals surface area contributed by atoms with Gasteiger partial charge in [-0.05, 0) is 61.8 Å². The van der Waals surface area contributed by atoms with Crippen molar-refractivity contribution in [2.24, 2.45) is 0 Å². The number of rotatable bonds is 6. The number of sulfone groups is 1. The smallest absolute Gasteiger partial charge is 0.251 e. The molecular weight excluding hydrogens is 367 g/mol. The van der Waals surface area contributed by atoms with Gasteiger partial charge in [-0.3, -0.25) is 9.69 Å². The number of hydrogen-bond donors (Lipinski definition) is 1. The fourth-order valence-corrected chi connectivity index (χ4v) is 4.02. The first-order valence-electron chi connectivity index (χ1n) is 8.92. The molecule has 0 aromatic heterocycles. The molecule has 0 radical (unpaired) electrons. The molecule has 3 rings (SSSR count). The van der Waals surface area contributed by atoms with E-state index in [0.29, 0.717) is 12.1 Å².